The highest BCUT2D eigenvalue weighted by atomic mass is 15.6. The maximum atomic E-state index is 4.50. The number of hydrogen-bond acceptors (Lipinski definition) is 8. The van der Waals surface area contributed by atoms with Crippen molar-refractivity contribution in [3.63, 3.8) is 0 Å². The largest absolute Gasteiger partial charge is 0.355 e. The molecule has 0 saturated carbocycles. The fourth-order valence-electron chi connectivity index (χ4n) is 4.01. The van der Waals surface area contributed by atoms with E-state index in [0.29, 0.717) is 12.0 Å². The van der Waals surface area contributed by atoms with Crippen LogP contribution in [0.3, 0.4) is 0 Å². The second-order valence-corrected chi connectivity index (χ2v) is 6.89. The maximum absolute atomic E-state index is 4.50. The molecule has 0 aromatic carbocycles. The zero-order valence-electron chi connectivity index (χ0n) is 14.4. The molecule has 0 amide bonds. The Balaban J connectivity index is 1.35. The second-order valence-electron chi connectivity index (χ2n) is 6.89. The van der Waals surface area contributed by atoms with E-state index in [4.69, 9.17) is 0 Å². The smallest absolute Gasteiger partial charge is 0.157 e. The molecule has 5 rings (SSSR count). The molecule has 2 fully saturated rings. The molecule has 0 unspecified atom stereocenters. The van der Waals surface area contributed by atoms with Gasteiger partial charge < -0.3 is 10.2 Å². The number of nitrogens with zero attached hydrogens (tertiary/aromatic N) is 7. The lowest BCUT2D eigenvalue weighted by Gasteiger charge is -2.24. The van der Waals surface area contributed by atoms with E-state index < -0.39 is 0 Å². The van der Waals surface area contributed by atoms with Gasteiger partial charge in [0.2, 0.25) is 0 Å². The van der Waals surface area contributed by atoms with Gasteiger partial charge in [-0.15, -0.1) is 5.10 Å². The summed E-state index contributed by atoms with van der Waals surface area (Å²) in [5, 5.41) is 13.3. The lowest BCUT2D eigenvalue weighted by Crippen LogP contribution is -2.40. The first kappa shape index (κ1) is 15.3. The minimum atomic E-state index is 0.572. The SMILES string of the molecule is C=C1C(n2ccnn2)=CNN1c1cc(N2C[C@@H]3CCCN[C@@H]3C2)ncn1. The number of piperidine rings is 1. The number of nitrogens with one attached hydrogen (secondary N) is 2. The Labute approximate surface area is 151 Å². The molecular formula is C17H21N9. The summed E-state index contributed by atoms with van der Waals surface area (Å²) >= 11 is 0. The molecule has 2 aromatic rings. The van der Waals surface area contributed by atoms with Gasteiger partial charge in [0.25, 0.3) is 0 Å². The van der Waals surface area contributed by atoms with Crippen molar-refractivity contribution in [3.05, 3.63) is 43.3 Å². The van der Waals surface area contributed by atoms with Crippen LogP contribution in [-0.2, 0) is 0 Å². The van der Waals surface area contributed by atoms with Gasteiger partial charge in [-0.25, -0.2) is 19.7 Å². The van der Waals surface area contributed by atoms with Gasteiger partial charge in [0, 0.05) is 31.4 Å². The van der Waals surface area contributed by atoms with E-state index in [2.05, 4.69) is 42.5 Å². The highest BCUT2D eigenvalue weighted by molar-refractivity contribution is 5.73. The Kier molecular flexibility index (Phi) is 3.59. The molecular weight excluding hydrogens is 330 g/mol. The van der Waals surface area contributed by atoms with E-state index in [0.717, 1.165) is 42.7 Å². The van der Waals surface area contributed by atoms with E-state index in [-0.39, 0.29) is 0 Å². The second kappa shape index (κ2) is 6.10. The summed E-state index contributed by atoms with van der Waals surface area (Å²) in [6.07, 6.45) is 9.43. The summed E-state index contributed by atoms with van der Waals surface area (Å²) in [5.74, 6) is 2.42. The molecule has 0 radical (unpaired) electrons. The van der Waals surface area contributed by atoms with Crippen molar-refractivity contribution < 1.29 is 0 Å². The molecule has 9 heteroatoms. The van der Waals surface area contributed by atoms with Gasteiger partial charge in [-0.3, -0.25) is 5.43 Å². The minimum absolute atomic E-state index is 0.572. The molecule has 2 saturated heterocycles. The van der Waals surface area contributed by atoms with Crippen molar-refractivity contribution in [2.75, 3.05) is 29.5 Å². The maximum Gasteiger partial charge on any atom is 0.157 e. The molecule has 2 aromatic heterocycles. The normalized spacial score (nSPS) is 25.2. The molecule has 134 valence electrons. The molecule has 3 aliphatic rings. The van der Waals surface area contributed by atoms with Crippen LogP contribution in [0, 0.1) is 5.92 Å². The fraction of sp³-hybridized carbons (Fsp3) is 0.412. The average Bonchev–Trinajstić information content (AvgIpc) is 3.40. The van der Waals surface area contributed by atoms with E-state index in [1.54, 1.807) is 23.4 Å². The van der Waals surface area contributed by atoms with Gasteiger partial charge >= 0.3 is 0 Å². The topological polar surface area (TPSA) is 87.0 Å². The summed E-state index contributed by atoms with van der Waals surface area (Å²) in [6.45, 7) is 7.33. The molecule has 0 aliphatic carbocycles. The van der Waals surface area contributed by atoms with Crippen molar-refractivity contribution in [2.24, 2.45) is 5.92 Å². The molecule has 0 bridgehead atoms. The third kappa shape index (κ3) is 2.51. The first-order valence-electron chi connectivity index (χ1n) is 8.92. The third-order valence-corrected chi connectivity index (χ3v) is 5.36. The highest BCUT2D eigenvalue weighted by Gasteiger charge is 2.35. The Morgan fingerprint density at radius 2 is 2.12 bits per heavy atom. The van der Waals surface area contributed by atoms with Gasteiger partial charge in [0.05, 0.1) is 18.1 Å². The number of fused-ring (bicyclic) bond motifs is 1. The Bertz CT molecular complexity index is 830. The van der Waals surface area contributed by atoms with Crippen LogP contribution in [0.25, 0.3) is 5.70 Å². The van der Waals surface area contributed by atoms with Gasteiger partial charge in [0.15, 0.2) is 5.82 Å². The van der Waals surface area contributed by atoms with Crippen LogP contribution < -0.4 is 20.7 Å². The number of anilines is 2. The Morgan fingerprint density at radius 1 is 1.19 bits per heavy atom. The Morgan fingerprint density at radius 3 is 2.96 bits per heavy atom. The van der Waals surface area contributed by atoms with Crippen LogP contribution in [0.1, 0.15) is 12.8 Å². The fourth-order valence-corrected chi connectivity index (χ4v) is 4.01. The molecule has 5 heterocycles. The van der Waals surface area contributed by atoms with E-state index in [1.165, 1.54) is 12.8 Å². The third-order valence-electron chi connectivity index (χ3n) is 5.36. The lowest BCUT2D eigenvalue weighted by atomic mass is 9.94. The zero-order chi connectivity index (χ0) is 17.5. The van der Waals surface area contributed by atoms with Crippen LogP contribution in [0.2, 0.25) is 0 Å². The quantitative estimate of drug-likeness (QED) is 0.831. The monoisotopic (exact) mass is 351 g/mol. The zero-order valence-corrected chi connectivity index (χ0v) is 14.4. The van der Waals surface area contributed by atoms with Crippen molar-refractivity contribution in [1.82, 2.24) is 35.7 Å². The van der Waals surface area contributed by atoms with E-state index in [1.807, 2.05) is 17.3 Å². The van der Waals surface area contributed by atoms with Gasteiger partial charge in [0.1, 0.15) is 17.8 Å². The van der Waals surface area contributed by atoms with Crippen LogP contribution in [0.15, 0.2) is 43.3 Å². The van der Waals surface area contributed by atoms with E-state index >= 15 is 0 Å². The first-order valence-corrected chi connectivity index (χ1v) is 8.92. The summed E-state index contributed by atoms with van der Waals surface area (Å²) in [7, 11) is 0. The van der Waals surface area contributed by atoms with Crippen LogP contribution >= 0.6 is 0 Å². The molecule has 9 nitrogen and oxygen atoms in total. The summed E-state index contributed by atoms with van der Waals surface area (Å²) in [5.41, 5.74) is 4.78. The molecule has 3 aliphatic heterocycles. The first-order chi connectivity index (χ1) is 12.8. The predicted octanol–water partition coefficient (Wildman–Crippen LogP) is 0.593. The lowest BCUT2D eigenvalue weighted by molar-refractivity contribution is 0.340. The van der Waals surface area contributed by atoms with Gasteiger partial charge in [-0.05, 0) is 25.3 Å². The van der Waals surface area contributed by atoms with Crippen molar-refractivity contribution >= 4 is 17.3 Å². The van der Waals surface area contributed by atoms with Gasteiger partial charge in [-0.2, -0.15) is 0 Å². The van der Waals surface area contributed by atoms with E-state index in [9.17, 15) is 0 Å². The number of aromatic nitrogens is 5. The van der Waals surface area contributed by atoms with Crippen molar-refractivity contribution in [1.29, 1.82) is 0 Å². The highest BCUT2D eigenvalue weighted by Crippen LogP contribution is 2.31. The standard InChI is InChI=1S/C17H21N9/c1-12-15(25-6-5-21-23-25)8-22-26(12)17-7-16(19-11-20-17)24-9-13-3-2-4-18-14(13)10-24/h5-8,11,13-14,18,22H,1-4,9-10H2/t13-,14+/m0/s1. The average molecular weight is 351 g/mol. The summed E-state index contributed by atoms with van der Waals surface area (Å²) < 4.78 is 1.67. The number of hydrazine groups is 1. The number of rotatable bonds is 3. The van der Waals surface area contributed by atoms with Crippen molar-refractivity contribution in [3.8, 4) is 0 Å². The van der Waals surface area contributed by atoms with Crippen LogP contribution in [-0.4, -0.2) is 50.6 Å². The Hall–Kier alpha value is -2.94. The van der Waals surface area contributed by atoms with Gasteiger partial charge in [-0.1, -0.05) is 11.8 Å². The minimum Gasteiger partial charge on any atom is -0.355 e. The predicted molar refractivity (Wildman–Crippen MR) is 97.8 cm³/mol. The van der Waals surface area contributed by atoms with Crippen molar-refractivity contribution in [2.45, 2.75) is 18.9 Å². The molecule has 2 N–H and O–H groups in total. The van der Waals surface area contributed by atoms with Crippen LogP contribution in [0.5, 0.6) is 0 Å². The molecule has 26 heavy (non-hydrogen) atoms. The number of allylic oxidation sites excluding steroid dienone is 1. The summed E-state index contributed by atoms with van der Waals surface area (Å²) in [4.78, 5) is 11.3. The summed E-state index contributed by atoms with van der Waals surface area (Å²) in [6, 6.07) is 2.58. The van der Waals surface area contributed by atoms with Crippen LogP contribution in [0.4, 0.5) is 11.6 Å². The molecule has 0 spiro atoms. The molecule has 2 atom stereocenters. The number of hydrogen-bond donors (Lipinski definition) is 2.